The minimum atomic E-state index is -0.253. The van der Waals surface area contributed by atoms with Gasteiger partial charge in [-0.25, -0.2) is 14.8 Å². The molecule has 8 heteroatoms. The Balaban J connectivity index is 2.00. The first-order valence-corrected chi connectivity index (χ1v) is 8.34. The SMILES string of the molecule is CCNC(=O)c1ccc(NC(=O)N(C)Cc2cnc(NC)nc2)c(C)c1. The van der Waals surface area contributed by atoms with Crippen molar-refractivity contribution in [2.45, 2.75) is 20.4 Å². The van der Waals surface area contributed by atoms with Gasteiger partial charge in [0.05, 0.1) is 6.54 Å². The van der Waals surface area contributed by atoms with E-state index in [0.717, 1.165) is 11.1 Å². The molecule has 0 aliphatic rings. The fourth-order valence-corrected chi connectivity index (χ4v) is 2.33. The van der Waals surface area contributed by atoms with Gasteiger partial charge in [0.2, 0.25) is 5.95 Å². The Labute approximate surface area is 153 Å². The van der Waals surface area contributed by atoms with E-state index in [2.05, 4.69) is 25.9 Å². The Morgan fingerprint density at radius 1 is 1.19 bits per heavy atom. The van der Waals surface area contributed by atoms with E-state index >= 15 is 0 Å². The molecule has 0 radical (unpaired) electrons. The predicted molar refractivity (Wildman–Crippen MR) is 101 cm³/mol. The van der Waals surface area contributed by atoms with Gasteiger partial charge in [-0.2, -0.15) is 0 Å². The van der Waals surface area contributed by atoms with Crippen LogP contribution in [0.5, 0.6) is 0 Å². The molecule has 26 heavy (non-hydrogen) atoms. The van der Waals surface area contributed by atoms with Crippen LogP contribution >= 0.6 is 0 Å². The second kappa shape index (κ2) is 8.80. The Morgan fingerprint density at radius 2 is 1.88 bits per heavy atom. The average Bonchev–Trinajstić information content (AvgIpc) is 2.64. The van der Waals surface area contributed by atoms with Gasteiger partial charge in [0, 0.05) is 49.8 Å². The van der Waals surface area contributed by atoms with Crippen LogP contribution in [-0.4, -0.2) is 47.4 Å². The van der Waals surface area contributed by atoms with E-state index in [4.69, 9.17) is 0 Å². The molecule has 138 valence electrons. The summed E-state index contributed by atoms with van der Waals surface area (Å²) in [5.41, 5.74) is 2.87. The maximum atomic E-state index is 12.4. The number of carbonyl (C=O) groups excluding carboxylic acids is 2. The number of urea groups is 1. The van der Waals surface area contributed by atoms with Crippen molar-refractivity contribution in [1.82, 2.24) is 20.2 Å². The number of aromatic nitrogens is 2. The van der Waals surface area contributed by atoms with E-state index in [1.165, 1.54) is 4.90 Å². The van der Waals surface area contributed by atoms with Crippen LogP contribution < -0.4 is 16.0 Å². The Morgan fingerprint density at radius 3 is 2.46 bits per heavy atom. The van der Waals surface area contributed by atoms with Gasteiger partial charge in [0.1, 0.15) is 0 Å². The maximum Gasteiger partial charge on any atom is 0.321 e. The number of aryl methyl sites for hydroxylation is 1. The zero-order valence-corrected chi connectivity index (χ0v) is 15.5. The minimum absolute atomic E-state index is 0.129. The number of carbonyl (C=O) groups is 2. The summed E-state index contributed by atoms with van der Waals surface area (Å²) in [6, 6.07) is 4.93. The molecular weight excluding hydrogens is 332 g/mol. The van der Waals surface area contributed by atoms with E-state index in [0.29, 0.717) is 30.3 Å². The van der Waals surface area contributed by atoms with Gasteiger partial charge in [0.15, 0.2) is 0 Å². The molecule has 0 spiro atoms. The summed E-state index contributed by atoms with van der Waals surface area (Å²) in [4.78, 5) is 34.1. The molecule has 3 amide bonds. The van der Waals surface area contributed by atoms with Gasteiger partial charge in [-0.3, -0.25) is 4.79 Å². The highest BCUT2D eigenvalue weighted by Crippen LogP contribution is 2.17. The molecule has 0 aliphatic heterocycles. The minimum Gasteiger partial charge on any atom is -0.357 e. The van der Waals surface area contributed by atoms with Crippen LogP contribution in [-0.2, 0) is 6.54 Å². The molecule has 3 N–H and O–H groups in total. The van der Waals surface area contributed by atoms with E-state index < -0.39 is 0 Å². The van der Waals surface area contributed by atoms with Crippen molar-refractivity contribution >= 4 is 23.6 Å². The summed E-state index contributed by atoms with van der Waals surface area (Å²) >= 11 is 0. The zero-order chi connectivity index (χ0) is 19.1. The molecule has 1 heterocycles. The quantitative estimate of drug-likeness (QED) is 0.737. The van der Waals surface area contributed by atoms with Crippen molar-refractivity contribution in [3.05, 3.63) is 47.3 Å². The molecule has 2 aromatic rings. The van der Waals surface area contributed by atoms with E-state index in [-0.39, 0.29) is 11.9 Å². The molecule has 1 aromatic heterocycles. The maximum absolute atomic E-state index is 12.4. The fraction of sp³-hybridized carbons (Fsp3) is 0.333. The number of hydrogen-bond acceptors (Lipinski definition) is 5. The number of benzene rings is 1. The van der Waals surface area contributed by atoms with Crippen LogP contribution in [0.4, 0.5) is 16.4 Å². The molecule has 1 aromatic carbocycles. The van der Waals surface area contributed by atoms with Crippen LogP contribution in [0.3, 0.4) is 0 Å². The van der Waals surface area contributed by atoms with E-state index in [1.54, 1.807) is 44.7 Å². The number of nitrogens with zero attached hydrogens (tertiary/aromatic N) is 3. The lowest BCUT2D eigenvalue weighted by Crippen LogP contribution is -2.31. The summed E-state index contributed by atoms with van der Waals surface area (Å²) < 4.78 is 0. The number of amides is 3. The second-order valence-electron chi connectivity index (χ2n) is 5.84. The second-order valence-corrected chi connectivity index (χ2v) is 5.84. The molecule has 0 atom stereocenters. The molecule has 0 aliphatic carbocycles. The molecule has 0 fully saturated rings. The summed E-state index contributed by atoms with van der Waals surface area (Å²) in [5, 5.41) is 8.45. The lowest BCUT2D eigenvalue weighted by Gasteiger charge is -2.19. The third-order valence-electron chi connectivity index (χ3n) is 3.76. The van der Waals surface area contributed by atoms with Crippen LogP contribution in [0, 0.1) is 6.92 Å². The van der Waals surface area contributed by atoms with Crippen LogP contribution in [0.2, 0.25) is 0 Å². The normalized spacial score (nSPS) is 10.2. The van der Waals surface area contributed by atoms with Crippen LogP contribution in [0.1, 0.15) is 28.4 Å². The summed E-state index contributed by atoms with van der Waals surface area (Å²) in [6.45, 7) is 4.67. The number of rotatable bonds is 6. The first-order chi connectivity index (χ1) is 12.4. The van der Waals surface area contributed by atoms with Crippen molar-refractivity contribution in [3.63, 3.8) is 0 Å². The topological polar surface area (TPSA) is 99.3 Å². The van der Waals surface area contributed by atoms with Gasteiger partial charge in [-0.15, -0.1) is 0 Å². The lowest BCUT2D eigenvalue weighted by molar-refractivity contribution is 0.0955. The van der Waals surface area contributed by atoms with Gasteiger partial charge < -0.3 is 20.9 Å². The Kier molecular flexibility index (Phi) is 6.48. The highest BCUT2D eigenvalue weighted by Gasteiger charge is 2.13. The van der Waals surface area contributed by atoms with E-state index in [1.807, 2.05) is 13.8 Å². The van der Waals surface area contributed by atoms with Crippen molar-refractivity contribution < 1.29 is 9.59 Å². The molecule has 0 bridgehead atoms. The third-order valence-corrected chi connectivity index (χ3v) is 3.76. The fourth-order valence-electron chi connectivity index (χ4n) is 2.33. The van der Waals surface area contributed by atoms with Gasteiger partial charge in [-0.1, -0.05) is 0 Å². The Bertz CT molecular complexity index is 776. The number of nitrogens with one attached hydrogen (secondary N) is 3. The largest absolute Gasteiger partial charge is 0.357 e. The molecule has 8 nitrogen and oxygen atoms in total. The molecule has 0 unspecified atom stereocenters. The van der Waals surface area contributed by atoms with Gasteiger partial charge in [0.25, 0.3) is 5.91 Å². The summed E-state index contributed by atoms with van der Waals surface area (Å²) in [6.07, 6.45) is 3.35. The molecule has 0 saturated heterocycles. The third kappa shape index (κ3) is 4.92. The molecular formula is C18H24N6O2. The smallest absolute Gasteiger partial charge is 0.321 e. The first kappa shape index (κ1) is 19.2. The summed E-state index contributed by atoms with van der Waals surface area (Å²) in [7, 11) is 3.44. The highest BCUT2D eigenvalue weighted by atomic mass is 16.2. The van der Waals surface area contributed by atoms with Gasteiger partial charge in [-0.05, 0) is 37.6 Å². The van der Waals surface area contributed by atoms with Crippen molar-refractivity contribution in [3.8, 4) is 0 Å². The van der Waals surface area contributed by atoms with Crippen molar-refractivity contribution in [1.29, 1.82) is 0 Å². The molecule has 0 saturated carbocycles. The standard InChI is InChI=1S/C18H24N6O2/c1-5-20-16(25)14-6-7-15(12(2)8-14)23-18(26)24(4)11-13-9-21-17(19-3)22-10-13/h6-10H,5,11H2,1-4H3,(H,20,25)(H,23,26)(H,19,21,22). The zero-order valence-electron chi connectivity index (χ0n) is 15.5. The highest BCUT2D eigenvalue weighted by molar-refractivity contribution is 5.96. The average molecular weight is 356 g/mol. The van der Waals surface area contributed by atoms with Crippen molar-refractivity contribution in [2.75, 3.05) is 31.3 Å². The van der Waals surface area contributed by atoms with Gasteiger partial charge >= 0.3 is 6.03 Å². The van der Waals surface area contributed by atoms with Crippen molar-refractivity contribution in [2.24, 2.45) is 0 Å². The molecule has 2 rings (SSSR count). The lowest BCUT2D eigenvalue weighted by atomic mass is 10.1. The number of hydrogen-bond donors (Lipinski definition) is 3. The number of anilines is 2. The Hall–Kier alpha value is -3.16. The van der Waals surface area contributed by atoms with E-state index in [9.17, 15) is 9.59 Å². The van der Waals surface area contributed by atoms with Crippen LogP contribution in [0.15, 0.2) is 30.6 Å². The van der Waals surface area contributed by atoms with Crippen LogP contribution in [0.25, 0.3) is 0 Å². The monoisotopic (exact) mass is 356 g/mol. The first-order valence-electron chi connectivity index (χ1n) is 8.34. The summed E-state index contributed by atoms with van der Waals surface area (Å²) in [5.74, 6) is 0.402. The predicted octanol–water partition coefficient (Wildman–Crippen LogP) is 2.24.